The molecule has 5 aromatic rings. The van der Waals surface area contributed by atoms with Crippen LogP contribution >= 0.6 is 0 Å². The van der Waals surface area contributed by atoms with E-state index in [4.69, 9.17) is 14.5 Å². The molecule has 0 unspecified atom stereocenters. The first-order valence-corrected chi connectivity index (χ1v) is 19.9. The zero-order valence-electron chi connectivity index (χ0n) is 32.7. The summed E-state index contributed by atoms with van der Waals surface area (Å²) in [4.78, 5) is 70.4. The molecule has 3 fully saturated rings. The molecule has 3 saturated heterocycles. The Balaban J connectivity index is 0.930. The third kappa shape index (κ3) is 8.12. The van der Waals surface area contributed by atoms with Crippen molar-refractivity contribution < 1.29 is 33.4 Å². The fourth-order valence-electron chi connectivity index (χ4n) is 8.52. The molecule has 3 aromatic carbocycles. The third-order valence-corrected chi connectivity index (χ3v) is 11.6. The molecule has 3 aliphatic rings. The lowest BCUT2D eigenvalue weighted by Crippen LogP contribution is -2.53. The molecule has 0 spiro atoms. The average molecular weight is 789 g/mol. The van der Waals surface area contributed by atoms with Crippen molar-refractivity contribution in [2.45, 2.75) is 56.7 Å². The van der Waals surface area contributed by atoms with E-state index in [1.54, 1.807) is 11.1 Å². The standard InChI is InChI=1S/C43H48N8O7/c1-56-42(54)46-25-37(52)50-17-3-5-35(50)39-45-24-34(48-39)32-14-13-30-21-29(11-12-31(30)22-32)26-7-9-27(10-8-26)33-23-44-40(47-33)36-6-4-18-51(36)41(53)38(49-43(55)57-2)28-15-19-58-20-16-28/h7-14,21-24,28,35-36,38H,3-6,15-20,25H2,1-2H3,(H,44,47)(H,45,48)(H,46,54)(H,49,55)/t35-,36-,38+/m0/s1. The van der Waals surface area contributed by atoms with E-state index >= 15 is 0 Å². The van der Waals surface area contributed by atoms with Gasteiger partial charge in [-0.2, -0.15) is 0 Å². The molecule has 4 amide bonds. The molecular formula is C43H48N8O7. The number of H-pyrrole nitrogens is 2. The van der Waals surface area contributed by atoms with Gasteiger partial charge in [-0.15, -0.1) is 0 Å². The summed E-state index contributed by atoms with van der Waals surface area (Å²) >= 11 is 0. The number of carbonyl (C=O) groups excluding carboxylic acids is 4. The first-order valence-electron chi connectivity index (χ1n) is 19.9. The number of likely N-dealkylation sites (tertiary alicyclic amines) is 2. The van der Waals surface area contributed by atoms with E-state index < -0.39 is 18.2 Å². The predicted molar refractivity (Wildman–Crippen MR) is 215 cm³/mol. The molecule has 15 nitrogen and oxygen atoms in total. The van der Waals surface area contributed by atoms with Crippen molar-refractivity contribution in [2.75, 3.05) is 47.1 Å². The Hall–Kier alpha value is -6.22. The highest BCUT2D eigenvalue weighted by atomic mass is 16.5. The Bertz CT molecular complexity index is 2280. The maximum atomic E-state index is 14.0. The number of carbonyl (C=O) groups is 4. The summed E-state index contributed by atoms with van der Waals surface area (Å²) in [5.41, 5.74) is 5.88. The van der Waals surface area contributed by atoms with Crippen molar-refractivity contribution in [3.63, 3.8) is 0 Å². The monoisotopic (exact) mass is 788 g/mol. The number of ether oxygens (including phenoxy) is 3. The number of aromatic amines is 2. The van der Waals surface area contributed by atoms with Crippen LogP contribution in [0.15, 0.2) is 73.1 Å². The lowest BCUT2D eigenvalue weighted by Gasteiger charge is -2.34. The van der Waals surface area contributed by atoms with Gasteiger partial charge in [0.25, 0.3) is 0 Å². The summed E-state index contributed by atoms with van der Waals surface area (Å²) in [6.45, 7) is 2.20. The number of benzene rings is 3. The van der Waals surface area contributed by atoms with Crippen LogP contribution < -0.4 is 10.6 Å². The van der Waals surface area contributed by atoms with Gasteiger partial charge in [0.1, 0.15) is 24.2 Å². The SMILES string of the molecule is COC(=O)NCC(=O)N1CCC[C@H]1c1ncc(-c2ccc3cc(-c4ccc(-c5cnc([C@@H]6CCCN6C(=O)[C@H](NC(=O)OC)C6CCOCC6)[nH]5)cc4)ccc3c2)[nH]1. The van der Waals surface area contributed by atoms with Crippen LogP contribution in [0.25, 0.3) is 44.4 Å². The maximum Gasteiger partial charge on any atom is 0.407 e. The van der Waals surface area contributed by atoms with E-state index in [0.29, 0.717) is 39.1 Å². The Morgan fingerprint density at radius 2 is 1.28 bits per heavy atom. The number of methoxy groups -OCH3 is 2. The summed E-state index contributed by atoms with van der Waals surface area (Å²) in [5.74, 6) is 1.14. The molecule has 302 valence electrons. The molecule has 0 saturated carbocycles. The number of aromatic nitrogens is 4. The van der Waals surface area contributed by atoms with Gasteiger partial charge in [-0.3, -0.25) is 9.59 Å². The second-order valence-corrected chi connectivity index (χ2v) is 15.1. The van der Waals surface area contributed by atoms with Gasteiger partial charge in [-0.05, 0) is 84.0 Å². The highest BCUT2D eigenvalue weighted by Gasteiger charge is 2.40. The molecule has 5 heterocycles. The predicted octanol–water partition coefficient (Wildman–Crippen LogP) is 6.12. The quantitative estimate of drug-likeness (QED) is 0.130. The smallest absolute Gasteiger partial charge is 0.407 e. The van der Waals surface area contributed by atoms with Gasteiger partial charge in [0.2, 0.25) is 11.8 Å². The molecule has 3 atom stereocenters. The molecule has 8 rings (SSSR count). The van der Waals surface area contributed by atoms with Crippen molar-refractivity contribution in [3.05, 3.63) is 84.7 Å². The van der Waals surface area contributed by atoms with Crippen LogP contribution in [0.1, 0.15) is 62.3 Å². The highest BCUT2D eigenvalue weighted by molar-refractivity contribution is 5.91. The number of amides is 4. The minimum absolute atomic E-state index is 0.0249. The minimum atomic E-state index is -0.681. The summed E-state index contributed by atoms with van der Waals surface area (Å²) in [6.07, 6.45) is 7.04. The molecule has 0 bridgehead atoms. The number of rotatable bonds is 10. The van der Waals surface area contributed by atoms with Gasteiger partial charge in [-0.25, -0.2) is 19.6 Å². The van der Waals surface area contributed by atoms with Gasteiger partial charge in [-0.1, -0.05) is 48.5 Å². The van der Waals surface area contributed by atoms with E-state index in [1.165, 1.54) is 14.2 Å². The Morgan fingerprint density at radius 1 is 0.724 bits per heavy atom. The lowest BCUT2D eigenvalue weighted by molar-refractivity contribution is -0.136. The van der Waals surface area contributed by atoms with E-state index in [0.717, 1.165) is 81.7 Å². The van der Waals surface area contributed by atoms with Crippen molar-refractivity contribution in [1.29, 1.82) is 0 Å². The summed E-state index contributed by atoms with van der Waals surface area (Å²) in [7, 11) is 2.58. The van der Waals surface area contributed by atoms with Crippen LogP contribution in [-0.2, 0) is 23.8 Å². The van der Waals surface area contributed by atoms with Crippen LogP contribution in [0.4, 0.5) is 9.59 Å². The number of nitrogens with one attached hydrogen (secondary N) is 4. The summed E-state index contributed by atoms with van der Waals surface area (Å²) < 4.78 is 15.0. The molecule has 2 aromatic heterocycles. The highest BCUT2D eigenvalue weighted by Crippen LogP contribution is 2.36. The topological polar surface area (TPSA) is 184 Å². The van der Waals surface area contributed by atoms with E-state index in [2.05, 4.69) is 91.0 Å². The Labute approximate surface area is 335 Å². The fraction of sp³-hybridized carbons (Fsp3) is 0.395. The lowest BCUT2D eigenvalue weighted by atomic mass is 9.90. The van der Waals surface area contributed by atoms with Gasteiger partial charge >= 0.3 is 12.2 Å². The van der Waals surface area contributed by atoms with Crippen LogP contribution in [0.2, 0.25) is 0 Å². The van der Waals surface area contributed by atoms with Crippen LogP contribution in [-0.4, -0.2) is 107 Å². The summed E-state index contributed by atoms with van der Waals surface area (Å²) in [5, 5.41) is 7.47. The van der Waals surface area contributed by atoms with Gasteiger partial charge < -0.3 is 44.6 Å². The molecular weight excluding hydrogens is 741 g/mol. The van der Waals surface area contributed by atoms with E-state index in [-0.39, 0.29) is 36.4 Å². The van der Waals surface area contributed by atoms with Crippen molar-refractivity contribution in [1.82, 2.24) is 40.4 Å². The fourth-order valence-corrected chi connectivity index (χ4v) is 8.52. The molecule has 0 radical (unpaired) electrons. The largest absolute Gasteiger partial charge is 0.453 e. The molecule has 4 N–H and O–H groups in total. The number of imidazole rings is 2. The molecule has 15 heteroatoms. The third-order valence-electron chi connectivity index (χ3n) is 11.6. The van der Waals surface area contributed by atoms with Crippen LogP contribution in [0.5, 0.6) is 0 Å². The molecule has 58 heavy (non-hydrogen) atoms. The van der Waals surface area contributed by atoms with Gasteiger partial charge in [0.15, 0.2) is 0 Å². The Morgan fingerprint density at radius 3 is 1.93 bits per heavy atom. The van der Waals surface area contributed by atoms with Crippen LogP contribution in [0.3, 0.4) is 0 Å². The maximum absolute atomic E-state index is 14.0. The average Bonchev–Trinajstić information content (AvgIpc) is 4.11. The first kappa shape index (κ1) is 38.6. The van der Waals surface area contributed by atoms with Crippen LogP contribution in [0, 0.1) is 5.92 Å². The number of hydrogen-bond donors (Lipinski definition) is 4. The summed E-state index contributed by atoms with van der Waals surface area (Å²) in [6, 6.07) is 20.0. The van der Waals surface area contributed by atoms with Crippen molar-refractivity contribution in [2.24, 2.45) is 5.92 Å². The number of alkyl carbamates (subject to hydrolysis) is 2. The van der Waals surface area contributed by atoms with Crippen molar-refractivity contribution >= 4 is 34.8 Å². The van der Waals surface area contributed by atoms with E-state index in [9.17, 15) is 19.2 Å². The zero-order chi connectivity index (χ0) is 40.2. The molecule has 3 aliphatic heterocycles. The van der Waals surface area contributed by atoms with Gasteiger partial charge in [0, 0.05) is 31.9 Å². The molecule has 0 aliphatic carbocycles. The number of fused-ring (bicyclic) bond motifs is 1. The number of hydrogen-bond acceptors (Lipinski definition) is 9. The minimum Gasteiger partial charge on any atom is -0.453 e. The van der Waals surface area contributed by atoms with E-state index in [1.807, 2.05) is 11.1 Å². The second-order valence-electron chi connectivity index (χ2n) is 15.1. The Kier molecular flexibility index (Phi) is 11.4. The number of nitrogens with zero attached hydrogens (tertiary/aromatic N) is 4. The normalized spacial score (nSPS) is 18.9. The first-order chi connectivity index (χ1) is 28.3. The second kappa shape index (κ2) is 17.1. The van der Waals surface area contributed by atoms with Crippen molar-refractivity contribution in [3.8, 4) is 33.6 Å². The zero-order valence-corrected chi connectivity index (χ0v) is 32.7. The van der Waals surface area contributed by atoms with Gasteiger partial charge in [0.05, 0.1) is 50.1 Å².